The van der Waals surface area contributed by atoms with Crippen molar-refractivity contribution in [3.63, 3.8) is 0 Å². The number of anilines is 1. The van der Waals surface area contributed by atoms with Crippen molar-refractivity contribution in [2.45, 2.75) is 0 Å². The van der Waals surface area contributed by atoms with E-state index < -0.39 is 17.8 Å². The predicted octanol–water partition coefficient (Wildman–Crippen LogP) is 2.19. The number of carboxylic acids is 1. The molecule has 122 valence electrons. The molecular formula is C17H13NO6. The molecular weight excluding hydrogens is 314 g/mol. The molecule has 0 aliphatic rings. The number of phenolic OH excluding ortho intramolecular Hbond substituents is 1. The van der Waals surface area contributed by atoms with Crippen molar-refractivity contribution in [2.24, 2.45) is 0 Å². The first kappa shape index (κ1) is 16.8. The van der Waals surface area contributed by atoms with Gasteiger partial charge in [-0.05, 0) is 24.3 Å². The van der Waals surface area contributed by atoms with Crippen LogP contribution in [0.5, 0.6) is 11.5 Å². The summed E-state index contributed by atoms with van der Waals surface area (Å²) in [7, 11) is 0. The van der Waals surface area contributed by atoms with Crippen molar-refractivity contribution < 1.29 is 29.3 Å². The van der Waals surface area contributed by atoms with Crippen LogP contribution < -0.4 is 10.1 Å². The number of hydrogen-bond donors (Lipinski definition) is 3. The van der Waals surface area contributed by atoms with E-state index in [1.807, 2.05) is 0 Å². The number of phenols is 1. The number of carboxylic acid groups (broad SMARTS) is 1. The number of rotatable bonds is 5. The van der Waals surface area contributed by atoms with E-state index in [1.165, 1.54) is 12.1 Å². The summed E-state index contributed by atoms with van der Waals surface area (Å²) in [4.78, 5) is 33.8. The fraction of sp³-hybridized carbons (Fsp3) is 0. The number of ether oxygens (including phenoxy) is 1. The zero-order valence-electron chi connectivity index (χ0n) is 12.3. The Labute approximate surface area is 136 Å². The normalized spacial score (nSPS) is 10.3. The lowest BCUT2D eigenvalue weighted by atomic mass is 10.2. The number of amides is 1. The molecule has 3 N–H and O–H groups in total. The summed E-state index contributed by atoms with van der Waals surface area (Å²) in [6.45, 7) is 0. The quantitative estimate of drug-likeness (QED) is 0.441. The minimum atomic E-state index is -1.26. The largest absolute Gasteiger partial charge is 0.507 e. The van der Waals surface area contributed by atoms with E-state index in [0.29, 0.717) is 11.8 Å². The number of aliphatic carboxylic acids is 1. The highest BCUT2D eigenvalue weighted by Crippen LogP contribution is 2.23. The smallest absolute Gasteiger partial charge is 0.347 e. The van der Waals surface area contributed by atoms with E-state index >= 15 is 0 Å². The van der Waals surface area contributed by atoms with E-state index in [4.69, 9.17) is 9.84 Å². The summed E-state index contributed by atoms with van der Waals surface area (Å²) in [6.07, 6.45) is 1.51. The third-order valence-corrected chi connectivity index (χ3v) is 2.82. The van der Waals surface area contributed by atoms with Crippen LogP contribution >= 0.6 is 0 Å². The topological polar surface area (TPSA) is 113 Å². The second kappa shape index (κ2) is 7.59. The van der Waals surface area contributed by atoms with Gasteiger partial charge in [0.25, 0.3) is 0 Å². The predicted molar refractivity (Wildman–Crippen MR) is 84.9 cm³/mol. The molecule has 7 nitrogen and oxygen atoms in total. The van der Waals surface area contributed by atoms with Crippen molar-refractivity contribution >= 4 is 23.5 Å². The maximum Gasteiger partial charge on any atom is 0.347 e. The third-order valence-electron chi connectivity index (χ3n) is 2.82. The molecule has 2 aromatic carbocycles. The van der Waals surface area contributed by atoms with Crippen LogP contribution in [-0.4, -0.2) is 28.1 Å². The average molecular weight is 327 g/mol. The number of carbonyl (C=O) groups excluding carboxylic acids is 2. The van der Waals surface area contributed by atoms with Gasteiger partial charge in [0.2, 0.25) is 5.91 Å². The van der Waals surface area contributed by atoms with Crippen molar-refractivity contribution in [3.8, 4) is 11.5 Å². The lowest BCUT2D eigenvalue weighted by Crippen LogP contribution is -2.11. The number of aromatic hydroxyl groups is 1. The Morgan fingerprint density at radius 3 is 2.33 bits per heavy atom. The Bertz CT molecular complexity index is 798. The molecule has 1 amide bonds. The van der Waals surface area contributed by atoms with Crippen LogP contribution in [0.15, 0.2) is 60.7 Å². The van der Waals surface area contributed by atoms with E-state index in [0.717, 1.165) is 12.1 Å². The molecule has 0 atom stereocenters. The molecule has 0 heterocycles. The van der Waals surface area contributed by atoms with E-state index in [1.54, 1.807) is 30.3 Å². The van der Waals surface area contributed by atoms with Crippen LogP contribution in [-0.2, 0) is 9.59 Å². The Morgan fingerprint density at radius 1 is 1.00 bits per heavy atom. The second-order valence-electron chi connectivity index (χ2n) is 4.60. The second-order valence-corrected chi connectivity index (χ2v) is 4.60. The molecule has 0 aliphatic heterocycles. The maximum absolute atomic E-state index is 12.0. The van der Waals surface area contributed by atoms with Gasteiger partial charge in [-0.15, -0.1) is 0 Å². The monoisotopic (exact) mass is 327 g/mol. The molecule has 0 unspecified atom stereocenters. The van der Waals surface area contributed by atoms with Crippen LogP contribution in [0.1, 0.15) is 10.4 Å². The third kappa shape index (κ3) is 4.70. The average Bonchev–Trinajstić information content (AvgIpc) is 2.54. The van der Waals surface area contributed by atoms with Crippen LogP contribution in [0.4, 0.5) is 5.69 Å². The van der Waals surface area contributed by atoms with Gasteiger partial charge < -0.3 is 20.3 Å². The fourth-order valence-corrected chi connectivity index (χ4v) is 1.76. The summed E-state index contributed by atoms with van der Waals surface area (Å²) in [5.41, 5.74) is 0.127. The highest BCUT2D eigenvalue weighted by molar-refractivity contribution is 6.03. The molecule has 2 aromatic rings. The Balaban J connectivity index is 2.08. The van der Waals surface area contributed by atoms with Gasteiger partial charge in [0, 0.05) is 23.9 Å². The van der Waals surface area contributed by atoms with Gasteiger partial charge in [-0.3, -0.25) is 4.79 Å². The van der Waals surface area contributed by atoms with E-state index in [9.17, 15) is 19.5 Å². The van der Waals surface area contributed by atoms with Gasteiger partial charge in [0.05, 0.1) is 0 Å². The molecule has 0 saturated carbocycles. The van der Waals surface area contributed by atoms with E-state index in [-0.39, 0.29) is 17.0 Å². The highest BCUT2D eigenvalue weighted by Gasteiger charge is 2.14. The summed E-state index contributed by atoms with van der Waals surface area (Å²) >= 11 is 0. The van der Waals surface area contributed by atoms with Crippen molar-refractivity contribution in [2.75, 3.05) is 5.32 Å². The Morgan fingerprint density at radius 2 is 1.71 bits per heavy atom. The maximum atomic E-state index is 12.0. The van der Waals surface area contributed by atoms with Gasteiger partial charge in [-0.1, -0.05) is 18.2 Å². The molecule has 24 heavy (non-hydrogen) atoms. The first-order chi connectivity index (χ1) is 11.5. The summed E-state index contributed by atoms with van der Waals surface area (Å²) < 4.78 is 5.10. The van der Waals surface area contributed by atoms with Crippen LogP contribution in [0, 0.1) is 0 Å². The summed E-state index contributed by atoms with van der Waals surface area (Å²) in [5.74, 6) is -2.74. The van der Waals surface area contributed by atoms with Gasteiger partial charge in [0.15, 0.2) is 0 Å². The molecule has 2 rings (SSSR count). The zero-order valence-corrected chi connectivity index (χ0v) is 12.3. The molecule has 0 radical (unpaired) electrons. The Kier molecular flexibility index (Phi) is 5.30. The number of para-hydroxylation sites is 1. The molecule has 0 aliphatic carbocycles. The molecule has 0 saturated heterocycles. The van der Waals surface area contributed by atoms with Gasteiger partial charge in [0.1, 0.15) is 17.1 Å². The molecule has 7 heteroatoms. The first-order valence-electron chi connectivity index (χ1n) is 6.78. The summed E-state index contributed by atoms with van der Waals surface area (Å²) in [6, 6.07) is 12.2. The number of carbonyl (C=O) groups is 3. The summed E-state index contributed by atoms with van der Waals surface area (Å²) in [5, 5.41) is 20.7. The molecule has 0 aromatic heterocycles. The minimum absolute atomic E-state index is 0.0714. The fourth-order valence-electron chi connectivity index (χ4n) is 1.76. The lowest BCUT2D eigenvalue weighted by Gasteiger charge is -2.08. The number of hydrogen-bond acceptors (Lipinski definition) is 5. The molecule has 0 fully saturated rings. The van der Waals surface area contributed by atoms with Gasteiger partial charge in [-0.2, -0.15) is 0 Å². The molecule has 0 spiro atoms. The Hall–Kier alpha value is -3.61. The number of nitrogens with one attached hydrogen (secondary N) is 1. The van der Waals surface area contributed by atoms with Crippen LogP contribution in [0.2, 0.25) is 0 Å². The minimum Gasteiger partial charge on any atom is -0.507 e. The number of benzene rings is 2. The first-order valence-corrected chi connectivity index (χ1v) is 6.78. The van der Waals surface area contributed by atoms with Crippen molar-refractivity contribution in [3.05, 3.63) is 66.2 Å². The van der Waals surface area contributed by atoms with Crippen molar-refractivity contribution in [1.29, 1.82) is 0 Å². The van der Waals surface area contributed by atoms with Gasteiger partial charge >= 0.3 is 11.9 Å². The standard InChI is InChI=1S/C17H13NO6/c19-14-10-11(18-15(20)8-9-16(21)22)6-7-13(14)17(23)24-12-4-2-1-3-5-12/h1-10,19H,(H,18,20)(H,21,22)/b9-8-. The van der Waals surface area contributed by atoms with Crippen LogP contribution in [0.3, 0.4) is 0 Å². The zero-order chi connectivity index (χ0) is 17.5. The SMILES string of the molecule is O=C(O)/C=C\C(=O)Nc1ccc(C(=O)Oc2ccccc2)c(O)c1. The van der Waals surface area contributed by atoms with Gasteiger partial charge in [-0.25, -0.2) is 9.59 Å². The van der Waals surface area contributed by atoms with E-state index in [2.05, 4.69) is 5.32 Å². The highest BCUT2D eigenvalue weighted by atomic mass is 16.5. The van der Waals surface area contributed by atoms with Crippen LogP contribution in [0.25, 0.3) is 0 Å². The van der Waals surface area contributed by atoms with Crippen molar-refractivity contribution in [1.82, 2.24) is 0 Å². The lowest BCUT2D eigenvalue weighted by molar-refractivity contribution is -0.131. The number of esters is 1. The molecule has 0 bridgehead atoms.